The van der Waals surface area contributed by atoms with Crippen LogP contribution < -0.4 is 5.32 Å². The zero-order valence-electron chi connectivity index (χ0n) is 13.8. The van der Waals surface area contributed by atoms with Crippen molar-refractivity contribution < 1.29 is 9.18 Å². The number of fused-ring (bicyclic) bond motifs is 1. The molecule has 0 bridgehead atoms. The van der Waals surface area contributed by atoms with Crippen molar-refractivity contribution in [3.05, 3.63) is 84.2 Å². The van der Waals surface area contributed by atoms with Crippen LogP contribution in [0.1, 0.15) is 5.56 Å². The van der Waals surface area contributed by atoms with Gasteiger partial charge in [0.05, 0.1) is 22.3 Å². The molecule has 3 nitrogen and oxygen atoms in total. The minimum absolute atomic E-state index is 0.148. The van der Waals surface area contributed by atoms with E-state index >= 15 is 0 Å². The molecule has 0 atom stereocenters. The second-order valence-corrected chi connectivity index (χ2v) is 6.91. The Hall–Kier alpha value is -3.05. The van der Waals surface area contributed by atoms with Crippen molar-refractivity contribution in [1.82, 2.24) is 4.98 Å². The van der Waals surface area contributed by atoms with Gasteiger partial charge in [0.1, 0.15) is 10.8 Å². The van der Waals surface area contributed by atoms with Crippen molar-refractivity contribution >= 4 is 33.1 Å². The number of hydrogen-bond donors (Lipinski definition) is 1. The van der Waals surface area contributed by atoms with Gasteiger partial charge in [-0.25, -0.2) is 9.37 Å². The van der Waals surface area contributed by atoms with E-state index in [-0.39, 0.29) is 18.1 Å². The summed E-state index contributed by atoms with van der Waals surface area (Å²) in [5.41, 5.74) is 3.32. The lowest BCUT2D eigenvalue weighted by molar-refractivity contribution is -0.115. The summed E-state index contributed by atoms with van der Waals surface area (Å²) in [5, 5.41) is 3.82. The van der Waals surface area contributed by atoms with Gasteiger partial charge in [-0.05, 0) is 42.0 Å². The third-order valence-corrected chi connectivity index (χ3v) is 5.07. The van der Waals surface area contributed by atoms with Crippen molar-refractivity contribution in [3.8, 4) is 10.6 Å². The van der Waals surface area contributed by atoms with E-state index in [9.17, 15) is 9.18 Å². The summed E-state index contributed by atoms with van der Waals surface area (Å²) in [6.45, 7) is 0. The molecule has 128 valence electrons. The Morgan fingerprint density at radius 2 is 1.69 bits per heavy atom. The third kappa shape index (κ3) is 3.48. The topological polar surface area (TPSA) is 42.0 Å². The van der Waals surface area contributed by atoms with Gasteiger partial charge < -0.3 is 5.32 Å². The predicted molar refractivity (Wildman–Crippen MR) is 104 cm³/mol. The predicted octanol–water partition coefficient (Wildman–Crippen LogP) is 5.28. The monoisotopic (exact) mass is 362 g/mol. The van der Waals surface area contributed by atoms with Crippen LogP contribution in [-0.2, 0) is 11.2 Å². The van der Waals surface area contributed by atoms with Crippen LogP contribution in [0.15, 0.2) is 72.8 Å². The molecule has 3 aromatic carbocycles. The fourth-order valence-corrected chi connectivity index (χ4v) is 3.75. The summed E-state index contributed by atoms with van der Waals surface area (Å²) in [5.74, 6) is -0.458. The highest BCUT2D eigenvalue weighted by molar-refractivity contribution is 7.21. The molecule has 0 saturated carbocycles. The molecule has 0 unspecified atom stereocenters. The Kier molecular flexibility index (Phi) is 4.46. The number of carbonyl (C=O) groups excluding carboxylic acids is 1. The number of benzene rings is 3. The van der Waals surface area contributed by atoms with Crippen molar-refractivity contribution in [2.75, 3.05) is 5.32 Å². The maximum atomic E-state index is 13.0. The van der Waals surface area contributed by atoms with Gasteiger partial charge in [0.2, 0.25) is 5.91 Å². The number of anilines is 1. The highest BCUT2D eigenvalue weighted by Crippen LogP contribution is 2.34. The molecule has 0 radical (unpaired) electrons. The number of carbonyl (C=O) groups is 1. The van der Waals surface area contributed by atoms with E-state index in [1.807, 2.05) is 48.5 Å². The number of halogens is 1. The molecule has 0 aliphatic heterocycles. The molecule has 0 aliphatic carbocycles. The summed E-state index contributed by atoms with van der Waals surface area (Å²) in [4.78, 5) is 17.1. The van der Waals surface area contributed by atoms with Crippen molar-refractivity contribution in [2.24, 2.45) is 0 Å². The van der Waals surface area contributed by atoms with Crippen molar-refractivity contribution in [1.29, 1.82) is 0 Å². The fraction of sp³-hybridized carbons (Fsp3) is 0.0476. The summed E-state index contributed by atoms with van der Waals surface area (Å²) in [7, 11) is 0. The second kappa shape index (κ2) is 7.06. The number of thiazole rings is 1. The molecule has 0 fully saturated rings. The number of nitrogens with one attached hydrogen (secondary N) is 1. The fourth-order valence-electron chi connectivity index (χ4n) is 2.75. The first-order chi connectivity index (χ1) is 12.7. The van der Waals surface area contributed by atoms with Gasteiger partial charge in [-0.1, -0.05) is 36.4 Å². The summed E-state index contributed by atoms with van der Waals surface area (Å²) >= 11 is 1.59. The molecule has 0 aliphatic rings. The lowest BCUT2D eigenvalue weighted by atomic mass is 10.1. The normalized spacial score (nSPS) is 10.8. The Morgan fingerprint density at radius 1 is 0.962 bits per heavy atom. The van der Waals surface area contributed by atoms with Gasteiger partial charge in [0.15, 0.2) is 0 Å². The molecular weight excluding hydrogens is 347 g/mol. The molecule has 1 heterocycles. The van der Waals surface area contributed by atoms with Gasteiger partial charge in [-0.3, -0.25) is 4.79 Å². The number of rotatable bonds is 4. The zero-order valence-corrected chi connectivity index (χ0v) is 14.6. The number of aromatic nitrogens is 1. The maximum Gasteiger partial charge on any atom is 0.228 e. The van der Waals surface area contributed by atoms with Crippen LogP contribution >= 0.6 is 11.3 Å². The van der Waals surface area contributed by atoms with Gasteiger partial charge in [-0.15, -0.1) is 11.3 Å². The number of para-hydroxylation sites is 2. The van der Waals surface area contributed by atoms with E-state index in [0.29, 0.717) is 0 Å². The molecule has 5 heteroatoms. The van der Waals surface area contributed by atoms with Crippen LogP contribution in [0.3, 0.4) is 0 Å². The summed E-state index contributed by atoms with van der Waals surface area (Å²) < 4.78 is 14.1. The minimum Gasteiger partial charge on any atom is -0.325 e. The van der Waals surface area contributed by atoms with Crippen molar-refractivity contribution in [3.63, 3.8) is 0 Å². The van der Waals surface area contributed by atoms with Crippen LogP contribution in [0.25, 0.3) is 20.8 Å². The maximum absolute atomic E-state index is 13.0. The van der Waals surface area contributed by atoms with Crippen molar-refractivity contribution in [2.45, 2.75) is 6.42 Å². The van der Waals surface area contributed by atoms with Gasteiger partial charge in [-0.2, -0.15) is 0 Å². The molecule has 0 spiro atoms. The molecule has 4 aromatic rings. The van der Waals surface area contributed by atoms with E-state index in [2.05, 4.69) is 10.3 Å². The van der Waals surface area contributed by atoms with Crippen LogP contribution in [0.5, 0.6) is 0 Å². The molecule has 1 aromatic heterocycles. The Bertz CT molecular complexity index is 1040. The minimum atomic E-state index is -0.310. The molecule has 1 amide bonds. The van der Waals surface area contributed by atoms with Gasteiger partial charge in [0.25, 0.3) is 0 Å². The molecule has 26 heavy (non-hydrogen) atoms. The third-order valence-electron chi connectivity index (χ3n) is 4.00. The Balaban J connectivity index is 1.59. The lowest BCUT2D eigenvalue weighted by Gasteiger charge is -2.09. The van der Waals surface area contributed by atoms with Gasteiger partial charge >= 0.3 is 0 Å². The molecule has 1 N–H and O–H groups in total. The first-order valence-electron chi connectivity index (χ1n) is 8.18. The van der Waals surface area contributed by atoms with Crippen LogP contribution in [0, 0.1) is 5.82 Å². The average Bonchev–Trinajstić information content (AvgIpc) is 3.08. The molecule has 4 rings (SSSR count). The first-order valence-corrected chi connectivity index (χ1v) is 9.00. The average molecular weight is 362 g/mol. The Labute approximate surface area is 154 Å². The van der Waals surface area contributed by atoms with Crippen LogP contribution in [0.2, 0.25) is 0 Å². The highest BCUT2D eigenvalue weighted by atomic mass is 32.1. The van der Waals surface area contributed by atoms with Crippen LogP contribution in [0.4, 0.5) is 10.1 Å². The molecular formula is C21H15FN2OS. The largest absolute Gasteiger partial charge is 0.325 e. The smallest absolute Gasteiger partial charge is 0.228 e. The molecule has 0 saturated heterocycles. The zero-order chi connectivity index (χ0) is 17.9. The van der Waals surface area contributed by atoms with Crippen LogP contribution in [-0.4, -0.2) is 10.9 Å². The Morgan fingerprint density at radius 3 is 2.50 bits per heavy atom. The number of nitrogens with zero attached hydrogens (tertiary/aromatic N) is 1. The number of amides is 1. The standard InChI is InChI=1S/C21H15FN2OS/c22-15-11-9-14(10-12-15)13-20(25)23-17-6-2-1-5-16(17)21-24-18-7-3-4-8-19(18)26-21/h1-12H,13H2,(H,23,25). The SMILES string of the molecule is O=C(Cc1ccc(F)cc1)Nc1ccccc1-c1nc2ccccc2s1. The summed E-state index contributed by atoms with van der Waals surface area (Å²) in [6, 6.07) is 21.5. The van der Waals surface area contributed by atoms with Gasteiger partial charge in [0, 0.05) is 5.56 Å². The van der Waals surface area contributed by atoms with E-state index in [4.69, 9.17) is 0 Å². The summed E-state index contributed by atoms with van der Waals surface area (Å²) in [6.07, 6.45) is 0.189. The lowest BCUT2D eigenvalue weighted by Crippen LogP contribution is -2.15. The quantitative estimate of drug-likeness (QED) is 0.536. The number of hydrogen-bond acceptors (Lipinski definition) is 3. The first kappa shape index (κ1) is 16.4. The van der Waals surface area contributed by atoms with E-state index in [0.717, 1.165) is 32.0 Å². The second-order valence-electron chi connectivity index (χ2n) is 5.88. The van der Waals surface area contributed by atoms with E-state index < -0.39 is 0 Å². The van der Waals surface area contributed by atoms with E-state index in [1.165, 1.54) is 12.1 Å². The highest BCUT2D eigenvalue weighted by Gasteiger charge is 2.12. The van der Waals surface area contributed by atoms with E-state index in [1.54, 1.807) is 23.5 Å².